The quantitative estimate of drug-likeness (QED) is 0.779. The molecule has 0 saturated carbocycles. The molecule has 0 aromatic heterocycles. The van der Waals surface area contributed by atoms with Gasteiger partial charge in [0.1, 0.15) is 5.75 Å². The summed E-state index contributed by atoms with van der Waals surface area (Å²) in [5.41, 5.74) is 1.05. The van der Waals surface area contributed by atoms with Crippen molar-refractivity contribution in [2.75, 3.05) is 14.2 Å². The van der Waals surface area contributed by atoms with Crippen molar-refractivity contribution in [3.05, 3.63) is 28.8 Å². The molecule has 66 valence electrons. The van der Waals surface area contributed by atoms with E-state index in [2.05, 4.69) is 5.32 Å². The van der Waals surface area contributed by atoms with Crippen LogP contribution in [0.25, 0.3) is 0 Å². The van der Waals surface area contributed by atoms with Crippen LogP contribution < -0.4 is 10.1 Å². The van der Waals surface area contributed by atoms with Crippen LogP contribution in [0.1, 0.15) is 5.56 Å². The van der Waals surface area contributed by atoms with Gasteiger partial charge < -0.3 is 10.1 Å². The average molecular weight is 186 g/mol. The van der Waals surface area contributed by atoms with Crippen LogP contribution in [0, 0.1) is 0 Å². The van der Waals surface area contributed by atoms with Crippen molar-refractivity contribution < 1.29 is 4.74 Å². The summed E-state index contributed by atoms with van der Waals surface area (Å²) >= 11 is 5.94. The van der Waals surface area contributed by atoms with Crippen molar-refractivity contribution in [2.24, 2.45) is 0 Å². The third-order valence-corrected chi connectivity index (χ3v) is 1.99. The van der Waals surface area contributed by atoms with Crippen LogP contribution in [0.2, 0.25) is 5.02 Å². The summed E-state index contributed by atoms with van der Waals surface area (Å²) in [6.07, 6.45) is 0. The van der Waals surface area contributed by atoms with E-state index in [1.54, 1.807) is 7.11 Å². The summed E-state index contributed by atoms with van der Waals surface area (Å²) in [5.74, 6) is 0.838. The first-order valence-electron chi connectivity index (χ1n) is 3.75. The molecule has 1 aromatic carbocycles. The summed E-state index contributed by atoms with van der Waals surface area (Å²) in [5, 5.41) is 3.80. The largest absolute Gasteiger partial charge is 0.497 e. The lowest BCUT2D eigenvalue weighted by atomic mass is 10.2. The van der Waals surface area contributed by atoms with Crippen molar-refractivity contribution in [1.29, 1.82) is 0 Å². The molecule has 0 aliphatic heterocycles. The first-order chi connectivity index (χ1) is 5.77. The topological polar surface area (TPSA) is 21.3 Å². The minimum absolute atomic E-state index is 0.760. The third-order valence-electron chi connectivity index (χ3n) is 1.62. The molecule has 3 heteroatoms. The predicted octanol–water partition coefficient (Wildman–Crippen LogP) is 2.07. The Morgan fingerprint density at radius 1 is 1.50 bits per heavy atom. The van der Waals surface area contributed by atoms with Gasteiger partial charge in [0.2, 0.25) is 0 Å². The van der Waals surface area contributed by atoms with E-state index in [4.69, 9.17) is 16.3 Å². The average Bonchev–Trinajstić information content (AvgIpc) is 2.09. The molecule has 12 heavy (non-hydrogen) atoms. The summed E-state index contributed by atoms with van der Waals surface area (Å²) in [4.78, 5) is 0. The highest BCUT2D eigenvalue weighted by Crippen LogP contribution is 2.21. The fraction of sp³-hybridized carbons (Fsp3) is 0.333. The maximum Gasteiger partial charge on any atom is 0.119 e. The Hall–Kier alpha value is -0.730. The van der Waals surface area contributed by atoms with Gasteiger partial charge in [-0.15, -0.1) is 0 Å². The lowest BCUT2D eigenvalue weighted by Crippen LogP contribution is -2.05. The van der Waals surface area contributed by atoms with Crippen LogP contribution in [0.5, 0.6) is 5.75 Å². The van der Waals surface area contributed by atoms with E-state index in [1.807, 2.05) is 25.2 Å². The molecular formula is C9H12ClNO. The molecule has 0 atom stereocenters. The van der Waals surface area contributed by atoms with E-state index < -0.39 is 0 Å². The molecule has 0 amide bonds. The second-order valence-electron chi connectivity index (χ2n) is 2.49. The van der Waals surface area contributed by atoms with Gasteiger partial charge in [-0.1, -0.05) is 11.6 Å². The first-order valence-corrected chi connectivity index (χ1v) is 4.12. The second kappa shape index (κ2) is 4.33. The Morgan fingerprint density at radius 3 is 2.83 bits per heavy atom. The van der Waals surface area contributed by atoms with Crippen LogP contribution in [0.3, 0.4) is 0 Å². The van der Waals surface area contributed by atoms with Gasteiger partial charge in [-0.2, -0.15) is 0 Å². The van der Waals surface area contributed by atoms with Crippen molar-refractivity contribution in [3.8, 4) is 5.75 Å². The lowest BCUT2D eigenvalue weighted by Gasteiger charge is -2.05. The van der Waals surface area contributed by atoms with Gasteiger partial charge in [0.15, 0.2) is 0 Å². The molecule has 1 N–H and O–H groups in total. The summed E-state index contributed by atoms with van der Waals surface area (Å²) < 4.78 is 5.07. The Kier molecular flexibility index (Phi) is 3.38. The van der Waals surface area contributed by atoms with E-state index in [0.717, 1.165) is 22.9 Å². The van der Waals surface area contributed by atoms with Crippen LogP contribution in [-0.4, -0.2) is 14.2 Å². The van der Waals surface area contributed by atoms with E-state index in [0.29, 0.717) is 0 Å². The van der Waals surface area contributed by atoms with E-state index in [1.165, 1.54) is 0 Å². The summed E-state index contributed by atoms with van der Waals surface area (Å²) in [6.45, 7) is 0.760. The van der Waals surface area contributed by atoms with Crippen molar-refractivity contribution in [3.63, 3.8) is 0 Å². The standard InChI is InChI=1S/C9H12ClNO/c1-11-6-7-5-8(12-2)3-4-9(7)10/h3-5,11H,6H2,1-2H3. The van der Waals surface area contributed by atoms with Crippen molar-refractivity contribution in [1.82, 2.24) is 5.32 Å². The maximum atomic E-state index is 5.94. The molecule has 0 aliphatic carbocycles. The van der Waals surface area contributed by atoms with Gasteiger partial charge in [-0.3, -0.25) is 0 Å². The molecule has 1 aromatic rings. The monoisotopic (exact) mass is 185 g/mol. The maximum absolute atomic E-state index is 5.94. The van der Waals surface area contributed by atoms with Crippen molar-refractivity contribution >= 4 is 11.6 Å². The number of hydrogen-bond acceptors (Lipinski definition) is 2. The molecule has 0 unspecified atom stereocenters. The summed E-state index contributed by atoms with van der Waals surface area (Å²) in [6, 6.07) is 5.62. The Morgan fingerprint density at radius 2 is 2.25 bits per heavy atom. The van der Waals surface area contributed by atoms with E-state index >= 15 is 0 Å². The number of rotatable bonds is 3. The van der Waals surface area contributed by atoms with Gasteiger partial charge in [-0.25, -0.2) is 0 Å². The zero-order chi connectivity index (χ0) is 8.97. The highest BCUT2D eigenvalue weighted by molar-refractivity contribution is 6.31. The van der Waals surface area contributed by atoms with Gasteiger partial charge in [0.05, 0.1) is 7.11 Å². The molecule has 0 aliphatic rings. The predicted molar refractivity (Wildman–Crippen MR) is 50.8 cm³/mol. The molecule has 0 bridgehead atoms. The number of benzene rings is 1. The number of ether oxygens (including phenoxy) is 1. The Bertz CT molecular complexity index is 263. The van der Waals surface area contributed by atoms with Crippen LogP contribution in [-0.2, 0) is 6.54 Å². The SMILES string of the molecule is CNCc1cc(OC)ccc1Cl. The highest BCUT2D eigenvalue weighted by Gasteiger charge is 2.00. The van der Waals surface area contributed by atoms with Crippen LogP contribution in [0.4, 0.5) is 0 Å². The molecule has 2 nitrogen and oxygen atoms in total. The van der Waals surface area contributed by atoms with Crippen molar-refractivity contribution in [2.45, 2.75) is 6.54 Å². The number of nitrogens with one attached hydrogen (secondary N) is 1. The van der Waals surface area contributed by atoms with Gasteiger partial charge in [0, 0.05) is 11.6 Å². The molecule has 0 saturated heterocycles. The van der Waals surface area contributed by atoms with E-state index in [-0.39, 0.29) is 0 Å². The minimum atomic E-state index is 0.760. The van der Waals surface area contributed by atoms with Gasteiger partial charge >= 0.3 is 0 Å². The lowest BCUT2D eigenvalue weighted by molar-refractivity contribution is 0.414. The van der Waals surface area contributed by atoms with E-state index in [9.17, 15) is 0 Å². The number of halogens is 1. The fourth-order valence-electron chi connectivity index (χ4n) is 1.00. The minimum Gasteiger partial charge on any atom is -0.497 e. The summed E-state index contributed by atoms with van der Waals surface area (Å²) in [7, 11) is 3.53. The molecular weight excluding hydrogens is 174 g/mol. The zero-order valence-corrected chi connectivity index (χ0v) is 7.98. The Labute approximate surface area is 77.5 Å². The molecule has 1 rings (SSSR count). The smallest absolute Gasteiger partial charge is 0.119 e. The van der Waals surface area contributed by atoms with Crippen LogP contribution in [0.15, 0.2) is 18.2 Å². The number of hydrogen-bond donors (Lipinski definition) is 1. The van der Waals surface area contributed by atoms with Gasteiger partial charge in [0.25, 0.3) is 0 Å². The first kappa shape index (κ1) is 9.36. The molecule has 0 fully saturated rings. The zero-order valence-electron chi connectivity index (χ0n) is 7.23. The fourth-order valence-corrected chi connectivity index (χ4v) is 1.19. The molecule has 0 radical (unpaired) electrons. The van der Waals surface area contributed by atoms with Gasteiger partial charge in [-0.05, 0) is 30.8 Å². The van der Waals surface area contributed by atoms with Crippen LogP contribution >= 0.6 is 11.6 Å². The third kappa shape index (κ3) is 2.13. The highest BCUT2D eigenvalue weighted by atomic mass is 35.5. The molecule has 0 heterocycles. The Balaban J connectivity index is 2.91. The number of methoxy groups -OCH3 is 1. The second-order valence-corrected chi connectivity index (χ2v) is 2.89. The normalized spacial score (nSPS) is 9.92. The molecule has 0 spiro atoms.